The van der Waals surface area contributed by atoms with Crippen molar-refractivity contribution in [3.63, 3.8) is 0 Å². The zero-order chi connectivity index (χ0) is 18.7. The molecular weight excluding hydrogens is 354 g/mol. The molecule has 1 aliphatic carbocycles. The van der Waals surface area contributed by atoms with E-state index in [-0.39, 0.29) is 35.3 Å². The number of hydrogen-bond donors (Lipinski definition) is 1. The Balaban J connectivity index is 1.60. The van der Waals surface area contributed by atoms with Gasteiger partial charge in [0, 0.05) is 23.7 Å². The van der Waals surface area contributed by atoms with Crippen molar-refractivity contribution in [3.05, 3.63) is 77.0 Å². The molecule has 0 radical (unpaired) electrons. The number of rotatable bonds is 6. The van der Waals surface area contributed by atoms with E-state index in [9.17, 15) is 18.0 Å². The largest absolute Gasteiger partial charge is 0.379 e. The highest BCUT2D eigenvalue weighted by Crippen LogP contribution is 2.19. The van der Waals surface area contributed by atoms with Crippen LogP contribution < -0.4 is 5.32 Å². The molecule has 134 valence electrons. The van der Waals surface area contributed by atoms with Gasteiger partial charge in [0.1, 0.15) is 0 Å². The molecule has 1 aliphatic rings. The summed E-state index contributed by atoms with van der Waals surface area (Å²) < 4.78 is 29.1. The van der Waals surface area contributed by atoms with Crippen LogP contribution in [0, 0.1) is 6.92 Å². The lowest BCUT2D eigenvalue weighted by Gasteiger charge is -2.16. The topological polar surface area (TPSA) is 89.5 Å². The number of carbonyl (C=O) groups is 2. The summed E-state index contributed by atoms with van der Waals surface area (Å²) in [6.45, 7) is 1.75. The van der Waals surface area contributed by atoms with Gasteiger partial charge >= 0.3 is 0 Å². The van der Waals surface area contributed by atoms with E-state index in [4.69, 9.17) is 4.18 Å². The predicted octanol–water partition coefficient (Wildman–Crippen LogP) is 2.25. The van der Waals surface area contributed by atoms with E-state index in [2.05, 4.69) is 5.32 Å². The lowest BCUT2D eigenvalue weighted by molar-refractivity contribution is 0.0977. The van der Waals surface area contributed by atoms with Crippen molar-refractivity contribution in [2.45, 2.75) is 11.8 Å². The highest BCUT2D eigenvalue weighted by molar-refractivity contribution is 7.86. The number of nitrogens with one attached hydrogen (secondary N) is 1. The molecule has 0 amide bonds. The molecule has 0 fully saturated rings. The molecule has 0 aliphatic heterocycles. The van der Waals surface area contributed by atoms with Gasteiger partial charge in [0.2, 0.25) is 5.78 Å². The first-order chi connectivity index (χ1) is 12.4. The number of ketones is 2. The zero-order valence-electron chi connectivity index (χ0n) is 14.1. The molecule has 0 heterocycles. The van der Waals surface area contributed by atoms with Gasteiger partial charge < -0.3 is 5.32 Å². The van der Waals surface area contributed by atoms with Crippen LogP contribution in [0.15, 0.2) is 65.2 Å². The molecule has 0 saturated heterocycles. The Morgan fingerprint density at radius 3 is 2.31 bits per heavy atom. The summed E-state index contributed by atoms with van der Waals surface area (Å²) >= 11 is 0. The van der Waals surface area contributed by atoms with E-state index in [0.717, 1.165) is 5.56 Å². The smallest absolute Gasteiger partial charge is 0.297 e. The molecule has 2 aromatic rings. The summed E-state index contributed by atoms with van der Waals surface area (Å²) in [5.74, 6) is -0.572. The second kappa shape index (κ2) is 7.23. The SMILES string of the molecule is Cc1ccc(S(=O)(=O)OCCNC2=CC(=O)c3ccccc3C2=O)cc1. The van der Waals surface area contributed by atoms with Gasteiger partial charge in [-0.3, -0.25) is 13.8 Å². The lowest BCUT2D eigenvalue weighted by Crippen LogP contribution is -2.29. The molecule has 0 atom stereocenters. The minimum atomic E-state index is -3.86. The number of carbonyl (C=O) groups excluding carboxylic acids is 2. The highest BCUT2D eigenvalue weighted by Gasteiger charge is 2.25. The summed E-state index contributed by atoms with van der Waals surface area (Å²) in [5, 5.41) is 2.78. The van der Waals surface area contributed by atoms with E-state index in [0.29, 0.717) is 11.1 Å². The van der Waals surface area contributed by atoms with E-state index in [1.54, 1.807) is 36.4 Å². The fourth-order valence-electron chi connectivity index (χ4n) is 2.56. The van der Waals surface area contributed by atoms with Crippen molar-refractivity contribution < 1.29 is 22.2 Å². The molecule has 7 heteroatoms. The Bertz CT molecular complexity index is 991. The lowest BCUT2D eigenvalue weighted by atomic mass is 9.93. The van der Waals surface area contributed by atoms with Crippen LogP contribution in [-0.4, -0.2) is 33.1 Å². The van der Waals surface area contributed by atoms with Crippen molar-refractivity contribution in [1.82, 2.24) is 5.32 Å². The first-order valence-corrected chi connectivity index (χ1v) is 9.39. The third-order valence-corrected chi connectivity index (χ3v) is 5.25. The van der Waals surface area contributed by atoms with Crippen molar-refractivity contribution in [3.8, 4) is 0 Å². The number of aryl methyl sites for hydroxylation is 1. The van der Waals surface area contributed by atoms with Gasteiger partial charge in [-0.15, -0.1) is 0 Å². The van der Waals surface area contributed by atoms with Crippen LogP contribution in [-0.2, 0) is 14.3 Å². The molecule has 3 rings (SSSR count). The first kappa shape index (κ1) is 18.0. The van der Waals surface area contributed by atoms with E-state index in [1.165, 1.54) is 18.2 Å². The average Bonchev–Trinajstić information content (AvgIpc) is 2.63. The van der Waals surface area contributed by atoms with Crippen LogP contribution >= 0.6 is 0 Å². The van der Waals surface area contributed by atoms with Crippen molar-refractivity contribution in [2.75, 3.05) is 13.2 Å². The number of fused-ring (bicyclic) bond motifs is 1. The summed E-state index contributed by atoms with van der Waals surface area (Å²) in [4.78, 5) is 24.5. The number of Topliss-reactive ketones (excluding diaryl/α,β-unsaturated/α-hetero) is 1. The van der Waals surface area contributed by atoms with Crippen molar-refractivity contribution >= 4 is 21.7 Å². The number of allylic oxidation sites excluding steroid dienone is 2. The summed E-state index contributed by atoms with van der Waals surface area (Å²) in [6.07, 6.45) is 1.22. The maximum Gasteiger partial charge on any atom is 0.297 e. The highest BCUT2D eigenvalue weighted by atomic mass is 32.2. The van der Waals surface area contributed by atoms with Gasteiger partial charge in [0.15, 0.2) is 5.78 Å². The standard InChI is InChI=1S/C19H17NO5S/c1-13-6-8-14(9-7-13)26(23,24)25-11-10-20-17-12-18(21)15-4-2-3-5-16(15)19(17)22/h2-9,12,20H,10-11H2,1H3. The maximum absolute atomic E-state index is 12.4. The van der Waals surface area contributed by atoms with Gasteiger partial charge in [0.25, 0.3) is 10.1 Å². The molecule has 1 N–H and O–H groups in total. The fraction of sp³-hybridized carbons (Fsp3) is 0.158. The molecule has 0 saturated carbocycles. The van der Waals surface area contributed by atoms with Crippen LogP contribution in [0.3, 0.4) is 0 Å². The monoisotopic (exact) mass is 371 g/mol. The van der Waals surface area contributed by atoms with Gasteiger partial charge in [-0.1, -0.05) is 42.0 Å². The van der Waals surface area contributed by atoms with Crippen molar-refractivity contribution in [1.29, 1.82) is 0 Å². The Kier molecular flexibility index (Phi) is 5.01. The van der Waals surface area contributed by atoms with E-state index >= 15 is 0 Å². The molecule has 0 aromatic heterocycles. The van der Waals surface area contributed by atoms with E-state index < -0.39 is 10.1 Å². The Hall–Kier alpha value is -2.77. The zero-order valence-corrected chi connectivity index (χ0v) is 14.9. The molecular formula is C19H17NO5S. The quantitative estimate of drug-likeness (QED) is 0.619. The minimum Gasteiger partial charge on any atom is -0.379 e. The van der Waals surface area contributed by atoms with Gasteiger partial charge in [-0.25, -0.2) is 0 Å². The molecule has 2 aromatic carbocycles. The van der Waals surface area contributed by atoms with Crippen molar-refractivity contribution in [2.24, 2.45) is 0 Å². The van der Waals surface area contributed by atoms with Crippen LogP contribution in [0.1, 0.15) is 26.3 Å². The summed E-state index contributed by atoms with van der Waals surface area (Å²) in [7, 11) is -3.86. The molecule has 0 bridgehead atoms. The van der Waals surface area contributed by atoms with Crippen LogP contribution in [0.5, 0.6) is 0 Å². The average molecular weight is 371 g/mol. The summed E-state index contributed by atoms with van der Waals surface area (Å²) in [5.41, 5.74) is 1.76. The fourth-order valence-corrected chi connectivity index (χ4v) is 3.47. The first-order valence-electron chi connectivity index (χ1n) is 7.98. The third-order valence-electron chi connectivity index (χ3n) is 3.92. The van der Waals surface area contributed by atoms with Gasteiger partial charge in [-0.2, -0.15) is 8.42 Å². The predicted molar refractivity (Wildman–Crippen MR) is 95.5 cm³/mol. The second-order valence-corrected chi connectivity index (χ2v) is 7.43. The molecule has 26 heavy (non-hydrogen) atoms. The Morgan fingerprint density at radius 1 is 0.962 bits per heavy atom. The van der Waals surface area contributed by atoms with E-state index in [1.807, 2.05) is 6.92 Å². The van der Waals surface area contributed by atoms with Gasteiger partial charge in [-0.05, 0) is 19.1 Å². The normalized spacial score (nSPS) is 14.0. The minimum absolute atomic E-state index is 0.0676. The number of hydrogen-bond acceptors (Lipinski definition) is 6. The third kappa shape index (κ3) is 3.74. The second-order valence-electron chi connectivity index (χ2n) is 5.81. The molecule has 6 nitrogen and oxygen atoms in total. The van der Waals surface area contributed by atoms with Crippen LogP contribution in [0.4, 0.5) is 0 Å². The Labute approximate surface area is 151 Å². The van der Waals surface area contributed by atoms with Crippen LogP contribution in [0.25, 0.3) is 0 Å². The molecule has 0 unspecified atom stereocenters. The number of benzene rings is 2. The summed E-state index contributed by atoms with van der Waals surface area (Å²) in [6, 6.07) is 12.9. The van der Waals surface area contributed by atoms with Crippen LogP contribution in [0.2, 0.25) is 0 Å². The maximum atomic E-state index is 12.4. The molecule has 0 spiro atoms. The Morgan fingerprint density at radius 2 is 1.62 bits per heavy atom. The van der Waals surface area contributed by atoms with Gasteiger partial charge in [0.05, 0.1) is 17.2 Å².